The lowest BCUT2D eigenvalue weighted by atomic mass is 9.97. The first-order valence-electron chi connectivity index (χ1n) is 9.20. The van der Waals surface area contributed by atoms with Crippen molar-refractivity contribution in [2.75, 3.05) is 18.4 Å². The molecule has 1 atom stereocenters. The van der Waals surface area contributed by atoms with E-state index in [0.29, 0.717) is 0 Å². The molecule has 1 aromatic carbocycles. The van der Waals surface area contributed by atoms with Gasteiger partial charge in [-0.05, 0) is 44.5 Å². The van der Waals surface area contributed by atoms with Crippen molar-refractivity contribution in [3.8, 4) is 11.3 Å². The first-order chi connectivity index (χ1) is 13.2. The standard InChI is InChI=1S/C20H23N5OS/c1-14-9-18(24-23-14)11-25-8-2-3-16(10-25)20(26)22-17-6-4-15(5-7-17)19-12-27-13-21-19/h4-7,9,12-13,16H,2-3,8,10-11H2,1H3,(H,22,26)(H,23,24). The third kappa shape index (κ3) is 4.43. The van der Waals surface area contributed by atoms with Gasteiger partial charge in [0.25, 0.3) is 0 Å². The topological polar surface area (TPSA) is 73.9 Å². The van der Waals surface area contributed by atoms with Crippen molar-refractivity contribution in [2.45, 2.75) is 26.3 Å². The van der Waals surface area contributed by atoms with E-state index in [-0.39, 0.29) is 11.8 Å². The summed E-state index contributed by atoms with van der Waals surface area (Å²) in [6.07, 6.45) is 1.96. The van der Waals surface area contributed by atoms with Crippen molar-refractivity contribution in [3.63, 3.8) is 0 Å². The van der Waals surface area contributed by atoms with Crippen molar-refractivity contribution >= 4 is 22.9 Å². The van der Waals surface area contributed by atoms with Crippen molar-refractivity contribution < 1.29 is 4.79 Å². The third-order valence-electron chi connectivity index (χ3n) is 4.90. The monoisotopic (exact) mass is 381 g/mol. The lowest BCUT2D eigenvalue weighted by Crippen LogP contribution is -2.40. The van der Waals surface area contributed by atoms with Gasteiger partial charge in [0.1, 0.15) is 0 Å². The molecule has 0 aliphatic carbocycles. The number of rotatable bonds is 5. The van der Waals surface area contributed by atoms with Crippen LogP contribution in [0, 0.1) is 12.8 Å². The summed E-state index contributed by atoms with van der Waals surface area (Å²) in [6.45, 7) is 4.58. The quantitative estimate of drug-likeness (QED) is 0.707. The Bertz CT molecular complexity index is 888. The summed E-state index contributed by atoms with van der Waals surface area (Å²) in [7, 11) is 0. The third-order valence-corrected chi connectivity index (χ3v) is 5.49. The molecule has 1 fully saturated rings. The van der Waals surface area contributed by atoms with Gasteiger partial charge in [-0.25, -0.2) is 4.98 Å². The van der Waals surface area contributed by atoms with Crippen LogP contribution in [0.2, 0.25) is 0 Å². The number of aromatic nitrogens is 3. The molecule has 3 aromatic rings. The second kappa shape index (κ2) is 8.02. The zero-order valence-corrected chi connectivity index (χ0v) is 16.1. The van der Waals surface area contributed by atoms with Crippen molar-refractivity contribution in [3.05, 3.63) is 52.6 Å². The summed E-state index contributed by atoms with van der Waals surface area (Å²) in [5.41, 5.74) is 6.79. The van der Waals surface area contributed by atoms with Gasteiger partial charge in [0.15, 0.2) is 0 Å². The van der Waals surface area contributed by atoms with Crippen LogP contribution in [0.1, 0.15) is 24.2 Å². The van der Waals surface area contributed by atoms with Crippen molar-refractivity contribution in [2.24, 2.45) is 5.92 Å². The molecular formula is C20H23N5OS. The van der Waals surface area contributed by atoms with Crippen LogP contribution in [0.25, 0.3) is 11.3 Å². The lowest BCUT2D eigenvalue weighted by Gasteiger charge is -2.31. The summed E-state index contributed by atoms with van der Waals surface area (Å²) in [6, 6.07) is 9.95. The Labute approximate surface area is 162 Å². The first-order valence-corrected chi connectivity index (χ1v) is 10.1. The summed E-state index contributed by atoms with van der Waals surface area (Å²) < 4.78 is 0. The number of hydrogen-bond donors (Lipinski definition) is 2. The minimum atomic E-state index is 0.0111. The minimum absolute atomic E-state index is 0.0111. The van der Waals surface area contributed by atoms with E-state index >= 15 is 0 Å². The SMILES string of the molecule is Cc1cc(CN2CCCC(C(=O)Nc3ccc(-c4cscn4)cc3)C2)n[nH]1. The summed E-state index contributed by atoms with van der Waals surface area (Å²) in [5.74, 6) is 0.108. The molecule has 0 bridgehead atoms. The summed E-state index contributed by atoms with van der Waals surface area (Å²) in [5, 5.41) is 12.4. The molecule has 3 heterocycles. The van der Waals surface area contributed by atoms with Crippen LogP contribution in [-0.2, 0) is 11.3 Å². The van der Waals surface area contributed by atoms with Crippen LogP contribution in [0.5, 0.6) is 0 Å². The number of nitrogens with one attached hydrogen (secondary N) is 2. The molecule has 1 saturated heterocycles. The van der Waals surface area contributed by atoms with Gasteiger partial charge in [-0.15, -0.1) is 11.3 Å². The molecule has 2 N–H and O–H groups in total. The van der Waals surface area contributed by atoms with E-state index in [4.69, 9.17) is 0 Å². The highest BCUT2D eigenvalue weighted by atomic mass is 32.1. The molecule has 7 heteroatoms. The van der Waals surface area contributed by atoms with Gasteiger partial charge in [-0.1, -0.05) is 12.1 Å². The summed E-state index contributed by atoms with van der Waals surface area (Å²) in [4.78, 5) is 19.3. The van der Waals surface area contributed by atoms with Gasteiger partial charge in [0.05, 0.1) is 22.8 Å². The maximum absolute atomic E-state index is 12.7. The maximum Gasteiger partial charge on any atom is 0.228 e. The van der Waals surface area contributed by atoms with E-state index in [2.05, 4.69) is 31.5 Å². The molecule has 0 saturated carbocycles. The van der Waals surface area contributed by atoms with Gasteiger partial charge in [0.2, 0.25) is 5.91 Å². The van der Waals surface area contributed by atoms with Crippen LogP contribution in [0.4, 0.5) is 5.69 Å². The first kappa shape index (κ1) is 17.9. The summed E-state index contributed by atoms with van der Waals surface area (Å²) >= 11 is 1.58. The van der Waals surface area contributed by atoms with Crippen LogP contribution >= 0.6 is 11.3 Å². The van der Waals surface area contributed by atoms with Crippen molar-refractivity contribution in [1.82, 2.24) is 20.1 Å². The Morgan fingerprint density at radius 3 is 2.93 bits per heavy atom. The predicted molar refractivity (Wildman–Crippen MR) is 108 cm³/mol. The number of benzene rings is 1. The smallest absolute Gasteiger partial charge is 0.228 e. The van der Waals surface area contributed by atoms with Gasteiger partial charge < -0.3 is 5.32 Å². The molecule has 140 valence electrons. The highest BCUT2D eigenvalue weighted by molar-refractivity contribution is 7.07. The van der Waals surface area contributed by atoms with Crippen molar-refractivity contribution in [1.29, 1.82) is 0 Å². The van der Waals surface area contributed by atoms with E-state index < -0.39 is 0 Å². The number of thiazole rings is 1. The zero-order chi connectivity index (χ0) is 18.6. The van der Waals surface area contributed by atoms with E-state index in [1.807, 2.05) is 42.1 Å². The van der Waals surface area contributed by atoms with Crippen LogP contribution < -0.4 is 5.32 Å². The van der Waals surface area contributed by atoms with Gasteiger partial charge >= 0.3 is 0 Å². The number of aryl methyl sites for hydroxylation is 1. The fourth-order valence-corrected chi connectivity index (χ4v) is 4.08. The highest BCUT2D eigenvalue weighted by Gasteiger charge is 2.26. The predicted octanol–water partition coefficient (Wildman–Crippen LogP) is 3.69. The molecule has 2 aromatic heterocycles. The molecule has 1 amide bonds. The number of nitrogens with zero attached hydrogens (tertiary/aromatic N) is 3. The number of hydrogen-bond acceptors (Lipinski definition) is 5. The Morgan fingerprint density at radius 2 is 2.22 bits per heavy atom. The fourth-order valence-electron chi connectivity index (χ4n) is 3.52. The number of amides is 1. The molecule has 0 radical (unpaired) electrons. The van der Waals surface area contributed by atoms with Gasteiger partial charge in [-0.3, -0.25) is 14.8 Å². The maximum atomic E-state index is 12.7. The van der Waals surface area contributed by atoms with Gasteiger partial charge in [0, 0.05) is 35.4 Å². The lowest BCUT2D eigenvalue weighted by molar-refractivity contribution is -0.121. The molecule has 1 unspecified atom stereocenters. The molecule has 4 rings (SSSR count). The van der Waals surface area contributed by atoms with E-state index in [9.17, 15) is 4.79 Å². The average molecular weight is 382 g/mol. The number of aromatic amines is 1. The van der Waals surface area contributed by atoms with Crippen LogP contribution in [-0.4, -0.2) is 39.1 Å². The Balaban J connectivity index is 1.34. The number of carbonyl (C=O) groups is 1. The molecule has 6 nitrogen and oxygen atoms in total. The Hall–Kier alpha value is -2.51. The van der Waals surface area contributed by atoms with E-state index in [1.165, 1.54) is 0 Å². The van der Waals surface area contributed by atoms with Crippen LogP contribution in [0.3, 0.4) is 0 Å². The fraction of sp³-hybridized carbons (Fsp3) is 0.350. The molecule has 0 spiro atoms. The number of piperidine rings is 1. The van der Waals surface area contributed by atoms with Gasteiger partial charge in [-0.2, -0.15) is 5.10 Å². The molecular weight excluding hydrogens is 358 g/mol. The second-order valence-electron chi connectivity index (χ2n) is 7.06. The van der Waals surface area contributed by atoms with E-state index in [0.717, 1.165) is 60.8 Å². The minimum Gasteiger partial charge on any atom is -0.326 e. The number of anilines is 1. The molecule has 1 aliphatic heterocycles. The normalized spacial score (nSPS) is 17.7. The number of H-pyrrole nitrogens is 1. The Morgan fingerprint density at radius 1 is 1.37 bits per heavy atom. The zero-order valence-electron chi connectivity index (χ0n) is 15.3. The Kier molecular flexibility index (Phi) is 5.31. The van der Waals surface area contributed by atoms with Crippen LogP contribution in [0.15, 0.2) is 41.2 Å². The molecule has 1 aliphatic rings. The average Bonchev–Trinajstić information content (AvgIpc) is 3.35. The largest absolute Gasteiger partial charge is 0.326 e. The number of carbonyl (C=O) groups excluding carboxylic acids is 1. The number of likely N-dealkylation sites (tertiary alicyclic amines) is 1. The van der Waals surface area contributed by atoms with E-state index in [1.54, 1.807) is 11.3 Å². The molecule has 27 heavy (non-hydrogen) atoms. The highest BCUT2D eigenvalue weighted by Crippen LogP contribution is 2.23. The second-order valence-corrected chi connectivity index (χ2v) is 7.78.